The highest BCUT2D eigenvalue weighted by atomic mass is 16.5. The van der Waals surface area contributed by atoms with E-state index in [0.29, 0.717) is 0 Å². The van der Waals surface area contributed by atoms with E-state index in [2.05, 4.69) is 11.4 Å². The molecule has 1 rings (SSSR count). The molecule has 0 heterocycles. The van der Waals surface area contributed by atoms with Gasteiger partial charge in [0.1, 0.15) is 11.5 Å². The minimum atomic E-state index is -0.105. The summed E-state index contributed by atoms with van der Waals surface area (Å²) >= 11 is 0. The van der Waals surface area contributed by atoms with Crippen LogP contribution >= 0.6 is 0 Å². The predicted octanol–water partition coefficient (Wildman–Crippen LogP) is 2.82. The van der Waals surface area contributed by atoms with Crippen molar-refractivity contribution in [2.24, 2.45) is 5.92 Å². The zero-order valence-electron chi connectivity index (χ0n) is 12.3. The Morgan fingerprint density at radius 3 is 2.32 bits per heavy atom. The third-order valence-corrected chi connectivity index (χ3v) is 3.40. The average Bonchev–Trinajstić information content (AvgIpc) is 2.44. The highest BCUT2D eigenvalue weighted by Gasteiger charge is 2.24. The monoisotopic (exact) mass is 262 g/mol. The molecule has 2 atom stereocenters. The van der Waals surface area contributed by atoms with Crippen molar-refractivity contribution < 1.29 is 9.47 Å². The second-order valence-corrected chi connectivity index (χ2v) is 4.47. The number of methoxy groups -OCH3 is 2. The number of benzene rings is 1. The summed E-state index contributed by atoms with van der Waals surface area (Å²) < 4.78 is 10.8. The van der Waals surface area contributed by atoms with Crippen LogP contribution in [0.5, 0.6) is 11.5 Å². The topological polar surface area (TPSA) is 54.3 Å². The summed E-state index contributed by atoms with van der Waals surface area (Å²) in [5.74, 6) is 1.49. The maximum Gasteiger partial charge on any atom is 0.124 e. The first-order chi connectivity index (χ1) is 9.12. The van der Waals surface area contributed by atoms with Gasteiger partial charge in [0, 0.05) is 5.56 Å². The van der Waals surface area contributed by atoms with E-state index in [1.165, 1.54) is 0 Å². The third-order valence-electron chi connectivity index (χ3n) is 3.40. The van der Waals surface area contributed by atoms with Gasteiger partial charge in [0.2, 0.25) is 0 Å². The van der Waals surface area contributed by atoms with Crippen molar-refractivity contribution in [3.63, 3.8) is 0 Å². The number of hydrogen-bond acceptors (Lipinski definition) is 4. The van der Waals surface area contributed by atoms with Gasteiger partial charge in [-0.2, -0.15) is 5.26 Å². The molecule has 0 saturated carbocycles. The number of nitriles is 1. The summed E-state index contributed by atoms with van der Waals surface area (Å²) in [4.78, 5) is 0. The average molecular weight is 262 g/mol. The molecular formula is C15H22N2O2. The fourth-order valence-corrected chi connectivity index (χ4v) is 2.29. The molecule has 0 aliphatic rings. The molecule has 1 N–H and O–H groups in total. The van der Waals surface area contributed by atoms with Crippen molar-refractivity contribution in [3.8, 4) is 17.6 Å². The van der Waals surface area contributed by atoms with E-state index in [1.54, 1.807) is 14.2 Å². The molecule has 0 aliphatic heterocycles. The van der Waals surface area contributed by atoms with E-state index >= 15 is 0 Å². The quantitative estimate of drug-likeness (QED) is 0.856. The van der Waals surface area contributed by atoms with Crippen molar-refractivity contribution in [3.05, 3.63) is 23.3 Å². The van der Waals surface area contributed by atoms with Crippen LogP contribution in [-0.4, -0.2) is 21.3 Å². The van der Waals surface area contributed by atoms with Crippen LogP contribution in [0.1, 0.15) is 30.5 Å². The molecule has 0 spiro atoms. The summed E-state index contributed by atoms with van der Waals surface area (Å²) in [5, 5.41) is 12.5. The Balaban J connectivity index is 3.33. The molecule has 1 aromatic carbocycles. The molecule has 0 bridgehead atoms. The lowest BCUT2D eigenvalue weighted by Crippen LogP contribution is -2.24. The van der Waals surface area contributed by atoms with Crippen LogP contribution in [0.3, 0.4) is 0 Å². The van der Waals surface area contributed by atoms with E-state index in [4.69, 9.17) is 9.47 Å². The van der Waals surface area contributed by atoms with Crippen molar-refractivity contribution in [2.45, 2.75) is 26.3 Å². The lowest BCUT2D eigenvalue weighted by molar-refractivity contribution is 0.375. The molecular weight excluding hydrogens is 240 g/mol. The molecule has 0 fully saturated rings. The van der Waals surface area contributed by atoms with Gasteiger partial charge in [0.25, 0.3) is 0 Å². The molecule has 1 aromatic rings. The molecule has 104 valence electrons. The molecule has 2 unspecified atom stereocenters. The van der Waals surface area contributed by atoms with Gasteiger partial charge in [-0.05, 0) is 38.1 Å². The van der Waals surface area contributed by atoms with E-state index in [1.807, 2.05) is 33.0 Å². The Labute approximate surface area is 115 Å². The van der Waals surface area contributed by atoms with Crippen molar-refractivity contribution >= 4 is 0 Å². The van der Waals surface area contributed by atoms with Gasteiger partial charge in [-0.15, -0.1) is 0 Å². The summed E-state index contributed by atoms with van der Waals surface area (Å²) in [6, 6.07) is 6.18. The normalized spacial score (nSPS) is 13.5. The van der Waals surface area contributed by atoms with Crippen LogP contribution in [0.25, 0.3) is 0 Å². The van der Waals surface area contributed by atoms with Crippen molar-refractivity contribution in [1.29, 1.82) is 5.26 Å². The van der Waals surface area contributed by atoms with Crippen LogP contribution in [-0.2, 0) is 0 Å². The second-order valence-electron chi connectivity index (χ2n) is 4.47. The largest absolute Gasteiger partial charge is 0.496 e. The molecule has 0 aromatic heterocycles. The molecule has 4 nitrogen and oxygen atoms in total. The standard InChI is InChI=1S/C15H22N2O2/c1-6-11(9-16)15(17-3)12-8-13(18-4)10(2)7-14(12)19-5/h7-8,11,15,17H,6H2,1-5H3. The van der Waals surface area contributed by atoms with E-state index in [-0.39, 0.29) is 12.0 Å². The van der Waals surface area contributed by atoms with Crippen LogP contribution in [0.15, 0.2) is 12.1 Å². The van der Waals surface area contributed by atoms with Crippen LogP contribution in [0.4, 0.5) is 0 Å². The van der Waals surface area contributed by atoms with Gasteiger partial charge in [-0.3, -0.25) is 0 Å². The summed E-state index contributed by atoms with van der Waals surface area (Å²) in [6.07, 6.45) is 0.779. The predicted molar refractivity (Wildman–Crippen MR) is 75.5 cm³/mol. The van der Waals surface area contributed by atoms with E-state index in [9.17, 15) is 5.26 Å². The van der Waals surface area contributed by atoms with Gasteiger partial charge in [0.15, 0.2) is 0 Å². The maximum absolute atomic E-state index is 9.27. The first-order valence-corrected chi connectivity index (χ1v) is 6.42. The molecule has 0 aliphatic carbocycles. The molecule has 0 radical (unpaired) electrons. The van der Waals surface area contributed by atoms with Gasteiger partial charge in [-0.25, -0.2) is 0 Å². The Bertz CT molecular complexity index is 466. The number of hydrogen-bond donors (Lipinski definition) is 1. The molecule has 19 heavy (non-hydrogen) atoms. The minimum absolute atomic E-state index is 0.0700. The molecule has 4 heteroatoms. The van der Waals surface area contributed by atoms with Gasteiger partial charge >= 0.3 is 0 Å². The molecule has 0 amide bonds. The van der Waals surface area contributed by atoms with Gasteiger partial charge in [-0.1, -0.05) is 6.92 Å². The summed E-state index contributed by atoms with van der Waals surface area (Å²) in [5.41, 5.74) is 1.98. The number of ether oxygens (including phenoxy) is 2. The second kappa shape index (κ2) is 7.01. The third kappa shape index (κ3) is 3.18. The van der Waals surface area contributed by atoms with Gasteiger partial charge in [0.05, 0.1) is 32.2 Å². The fraction of sp³-hybridized carbons (Fsp3) is 0.533. The van der Waals surface area contributed by atoms with Crippen LogP contribution in [0.2, 0.25) is 0 Å². The highest BCUT2D eigenvalue weighted by Crippen LogP contribution is 2.36. The lowest BCUT2D eigenvalue weighted by Gasteiger charge is -2.24. The Hall–Kier alpha value is -1.73. The van der Waals surface area contributed by atoms with E-state index < -0.39 is 0 Å². The maximum atomic E-state index is 9.27. The number of aryl methyl sites for hydroxylation is 1. The van der Waals surface area contributed by atoms with Crippen molar-refractivity contribution in [2.75, 3.05) is 21.3 Å². The van der Waals surface area contributed by atoms with Crippen LogP contribution in [0, 0.1) is 24.2 Å². The smallest absolute Gasteiger partial charge is 0.124 e. The first kappa shape index (κ1) is 15.3. The molecule has 0 saturated heterocycles. The lowest BCUT2D eigenvalue weighted by atomic mass is 9.90. The first-order valence-electron chi connectivity index (χ1n) is 6.42. The Morgan fingerprint density at radius 2 is 1.89 bits per heavy atom. The highest BCUT2D eigenvalue weighted by molar-refractivity contribution is 5.47. The van der Waals surface area contributed by atoms with Crippen LogP contribution < -0.4 is 14.8 Å². The Kier molecular flexibility index (Phi) is 5.65. The summed E-state index contributed by atoms with van der Waals surface area (Å²) in [6.45, 7) is 3.98. The van der Waals surface area contributed by atoms with Gasteiger partial charge < -0.3 is 14.8 Å². The fourth-order valence-electron chi connectivity index (χ4n) is 2.29. The minimum Gasteiger partial charge on any atom is -0.496 e. The zero-order chi connectivity index (χ0) is 14.4. The SMILES string of the molecule is CCC(C#N)C(NC)c1cc(OC)c(C)cc1OC. The van der Waals surface area contributed by atoms with Crippen molar-refractivity contribution in [1.82, 2.24) is 5.32 Å². The number of nitrogens with zero attached hydrogens (tertiary/aromatic N) is 1. The number of rotatable bonds is 6. The zero-order valence-corrected chi connectivity index (χ0v) is 12.3. The summed E-state index contributed by atoms with van der Waals surface area (Å²) in [7, 11) is 5.15. The van der Waals surface area contributed by atoms with E-state index in [0.717, 1.165) is 29.0 Å². The number of nitrogens with one attached hydrogen (secondary N) is 1. The Morgan fingerprint density at radius 1 is 1.26 bits per heavy atom.